The molecule has 1 heteroatoms. The second-order valence-corrected chi connectivity index (χ2v) is 8.81. The van der Waals surface area contributed by atoms with Gasteiger partial charge in [-0.3, -0.25) is 0 Å². The fraction of sp³-hybridized carbons (Fsp3) is 0.810. The van der Waals surface area contributed by atoms with E-state index in [9.17, 15) is 5.11 Å². The zero-order valence-electron chi connectivity index (χ0n) is 14.2. The highest BCUT2D eigenvalue weighted by Gasteiger charge is 2.61. The van der Waals surface area contributed by atoms with Crippen molar-refractivity contribution in [3.8, 4) is 0 Å². The second-order valence-electron chi connectivity index (χ2n) is 8.81. The second kappa shape index (κ2) is 5.23. The number of aliphatic hydroxyl groups is 1. The Balaban J connectivity index is 1.62. The third kappa shape index (κ3) is 1.94. The van der Waals surface area contributed by atoms with Gasteiger partial charge in [0.15, 0.2) is 0 Å². The minimum atomic E-state index is -0.479. The first-order valence-electron chi connectivity index (χ1n) is 9.61. The Bertz CT molecular complexity index is 492. The van der Waals surface area contributed by atoms with Crippen LogP contribution in [0.4, 0.5) is 0 Å². The SMILES string of the molecule is C=CC[C@]1(O)CC[C@H]2[C@@H]3CCC4=CCCC[C@@H]4C3CC[C@@]21C. The van der Waals surface area contributed by atoms with Crippen molar-refractivity contribution in [2.75, 3.05) is 0 Å². The third-order valence-electron chi connectivity index (χ3n) is 8.18. The van der Waals surface area contributed by atoms with E-state index in [1.165, 1.54) is 51.4 Å². The first kappa shape index (κ1) is 15.0. The van der Waals surface area contributed by atoms with Gasteiger partial charge >= 0.3 is 0 Å². The molecule has 0 aromatic carbocycles. The maximum atomic E-state index is 11.3. The monoisotopic (exact) mass is 300 g/mol. The van der Waals surface area contributed by atoms with Crippen LogP contribution in [0.15, 0.2) is 24.3 Å². The number of allylic oxidation sites excluding steroid dienone is 2. The van der Waals surface area contributed by atoms with Crippen LogP contribution in [0.2, 0.25) is 0 Å². The van der Waals surface area contributed by atoms with Gasteiger partial charge in [-0.15, -0.1) is 6.58 Å². The van der Waals surface area contributed by atoms with Gasteiger partial charge in [0.1, 0.15) is 0 Å². The highest BCUT2D eigenvalue weighted by Crippen LogP contribution is 2.65. The van der Waals surface area contributed by atoms with Crippen LogP contribution in [0.1, 0.15) is 71.1 Å². The molecule has 0 aromatic rings. The van der Waals surface area contributed by atoms with Crippen molar-refractivity contribution in [1.29, 1.82) is 0 Å². The van der Waals surface area contributed by atoms with Crippen LogP contribution < -0.4 is 0 Å². The first-order valence-corrected chi connectivity index (χ1v) is 9.61. The molecule has 3 saturated carbocycles. The molecule has 0 aromatic heterocycles. The number of hydrogen-bond donors (Lipinski definition) is 1. The smallest absolute Gasteiger partial charge is 0.0738 e. The van der Waals surface area contributed by atoms with E-state index in [0.717, 1.165) is 36.5 Å². The van der Waals surface area contributed by atoms with E-state index in [1.54, 1.807) is 5.57 Å². The predicted octanol–water partition coefficient (Wildman–Crippen LogP) is 5.26. The van der Waals surface area contributed by atoms with E-state index in [2.05, 4.69) is 19.6 Å². The quantitative estimate of drug-likeness (QED) is 0.690. The number of fused-ring (bicyclic) bond motifs is 5. The molecule has 3 fully saturated rings. The summed E-state index contributed by atoms with van der Waals surface area (Å²) in [4.78, 5) is 0. The van der Waals surface area contributed by atoms with Crippen LogP contribution in [0, 0.1) is 29.1 Å². The molecule has 0 spiro atoms. The summed E-state index contributed by atoms with van der Waals surface area (Å²) in [7, 11) is 0. The Hall–Kier alpha value is -0.560. The molecule has 0 bridgehead atoms. The fourth-order valence-corrected chi connectivity index (χ4v) is 6.99. The van der Waals surface area contributed by atoms with Crippen molar-refractivity contribution in [3.63, 3.8) is 0 Å². The molecular weight excluding hydrogens is 268 g/mol. The Morgan fingerprint density at radius 2 is 2.09 bits per heavy atom. The molecule has 4 rings (SSSR count). The molecule has 1 N–H and O–H groups in total. The van der Waals surface area contributed by atoms with Gasteiger partial charge in [0.2, 0.25) is 0 Å². The first-order chi connectivity index (χ1) is 10.6. The summed E-state index contributed by atoms with van der Waals surface area (Å²) in [6, 6.07) is 0. The normalized spacial score (nSPS) is 50.5. The van der Waals surface area contributed by atoms with Crippen LogP contribution in [-0.2, 0) is 0 Å². The zero-order valence-corrected chi connectivity index (χ0v) is 14.2. The molecule has 4 aliphatic rings. The van der Waals surface area contributed by atoms with Gasteiger partial charge in [0.25, 0.3) is 0 Å². The van der Waals surface area contributed by atoms with Crippen molar-refractivity contribution in [2.24, 2.45) is 29.1 Å². The predicted molar refractivity (Wildman–Crippen MR) is 91.5 cm³/mol. The summed E-state index contributed by atoms with van der Waals surface area (Å²) in [5.41, 5.74) is 1.46. The Morgan fingerprint density at radius 1 is 1.23 bits per heavy atom. The van der Waals surface area contributed by atoms with Gasteiger partial charge in [0.05, 0.1) is 5.60 Å². The van der Waals surface area contributed by atoms with Crippen molar-refractivity contribution in [3.05, 3.63) is 24.3 Å². The van der Waals surface area contributed by atoms with Crippen molar-refractivity contribution >= 4 is 0 Å². The van der Waals surface area contributed by atoms with Crippen LogP contribution >= 0.6 is 0 Å². The molecule has 0 heterocycles. The van der Waals surface area contributed by atoms with Gasteiger partial charge < -0.3 is 5.11 Å². The van der Waals surface area contributed by atoms with E-state index in [1.807, 2.05) is 6.08 Å². The minimum absolute atomic E-state index is 0.137. The van der Waals surface area contributed by atoms with E-state index in [0.29, 0.717) is 0 Å². The van der Waals surface area contributed by atoms with Crippen LogP contribution in [-0.4, -0.2) is 10.7 Å². The highest BCUT2D eigenvalue weighted by molar-refractivity contribution is 5.20. The molecule has 122 valence electrons. The van der Waals surface area contributed by atoms with E-state index < -0.39 is 5.60 Å². The van der Waals surface area contributed by atoms with E-state index in [-0.39, 0.29) is 5.41 Å². The third-order valence-corrected chi connectivity index (χ3v) is 8.18. The van der Waals surface area contributed by atoms with Gasteiger partial charge in [-0.25, -0.2) is 0 Å². The average molecular weight is 300 g/mol. The lowest BCUT2D eigenvalue weighted by atomic mass is 9.50. The Morgan fingerprint density at radius 3 is 2.91 bits per heavy atom. The van der Waals surface area contributed by atoms with Gasteiger partial charge in [0, 0.05) is 0 Å². The largest absolute Gasteiger partial charge is 0.389 e. The molecule has 22 heavy (non-hydrogen) atoms. The Labute approximate surface area is 135 Å². The van der Waals surface area contributed by atoms with Crippen LogP contribution in [0.25, 0.3) is 0 Å². The molecule has 1 unspecified atom stereocenters. The molecule has 0 saturated heterocycles. The van der Waals surface area contributed by atoms with Gasteiger partial charge in [-0.2, -0.15) is 0 Å². The standard InChI is InChI=1S/C21H32O/c1-3-12-21(22)14-11-19-18-9-8-15-6-4-5-7-16(15)17(18)10-13-20(19,21)2/h3,6,16-19,22H,1,4-5,7-14H2,2H3/t16-,17?,18+,19-,20-,21-/m0/s1. The number of rotatable bonds is 2. The molecule has 4 aliphatic carbocycles. The Kier molecular flexibility index (Phi) is 3.56. The average Bonchev–Trinajstić information content (AvgIpc) is 2.79. The van der Waals surface area contributed by atoms with Gasteiger partial charge in [-0.05, 0) is 93.3 Å². The summed E-state index contributed by atoms with van der Waals surface area (Å²) in [5.74, 6) is 3.44. The summed E-state index contributed by atoms with van der Waals surface area (Å²) >= 11 is 0. The van der Waals surface area contributed by atoms with Crippen LogP contribution in [0.3, 0.4) is 0 Å². The maximum Gasteiger partial charge on any atom is 0.0738 e. The fourth-order valence-electron chi connectivity index (χ4n) is 6.99. The molecule has 6 atom stereocenters. The molecule has 0 radical (unpaired) electrons. The maximum absolute atomic E-state index is 11.3. The molecule has 0 aliphatic heterocycles. The summed E-state index contributed by atoms with van der Waals surface area (Å²) in [6.07, 6.45) is 17.0. The molecule has 1 nitrogen and oxygen atoms in total. The van der Waals surface area contributed by atoms with Crippen molar-refractivity contribution < 1.29 is 5.11 Å². The van der Waals surface area contributed by atoms with Crippen molar-refractivity contribution in [1.82, 2.24) is 0 Å². The summed E-state index contributed by atoms with van der Waals surface area (Å²) in [6.45, 7) is 6.31. The molecular formula is C21H32O. The van der Waals surface area contributed by atoms with Gasteiger partial charge in [-0.1, -0.05) is 24.6 Å². The zero-order chi connectivity index (χ0) is 15.4. The number of hydrogen-bond acceptors (Lipinski definition) is 1. The van der Waals surface area contributed by atoms with E-state index >= 15 is 0 Å². The lowest BCUT2D eigenvalue weighted by Gasteiger charge is -2.55. The van der Waals surface area contributed by atoms with Crippen molar-refractivity contribution in [2.45, 2.75) is 76.7 Å². The lowest BCUT2D eigenvalue weighted by molar-refractivity contribution is -0.115. The van der Waals surface area contributed by atoms with E-state index in [4.69, 9.17) is 0 Å². The highest BCUT2D eigenvalue weighted by atomic mass is 16.3. The lowest BCUT2D eigenvalue weighted by Crippen LogP contribution is -2.52. The molecule has 0 amide bonds. The summed E-state index contributed by atoms with van der Waals surface area (Å²) in [5, 5.41) is 11.3. The summed E-state index contributed by atoms with van der Waals surface area (Å²) < 4.78 is 0. The minimum Gasteiger partial charge on any atom is -0.389 e. The topological polar surface area (TPSA) is 20.2 Å². The van der Waals surface area contributed by atoms with Crippen LogP contribution in [0.5, 0.6) is 0 Å².